The minimum absolute atomic E-state index is 0.193. The van der Waals surface area contributed by atoms with Crippen molar-refractivity contribution < 1.29 is 4.79 Å². The number of anilines is 1. The largest absolute Gasteiger partial charge is 0.383 e. The average molecular weight is 405 g/mol. The number of aryl methyl sites for hydroxylation is 1. The number of benzene rings is 1. The van der Waals surface area contributed by atoms with Crippen molar-refractivity contribution in [2.45, 2.75) is 31.8 Å². The third-order valence-corrected chi connectivity index (χ3v) is 5.80. The molecule has 3 N–H and O–H groups in total. The van der Waals surface area contributed by atoms with Gasteiger partial charge in [0.15, 0.2) is 0 Å². The summed E-state index contributed by atoms with van der Waals surface area (Å²) in [5, 5.41) is 7.15. The van der Waals surface area contributed by atoms with Gasteiger partial charge in [-0.1, -0.05) is 30.3 Å². The van der Waals surface area contributed by atoms with E-state index in [9.17, 15) is 4.79 Å². The van der Waals surface area contributed by atoms with Crippen LogP contribution in [-0.4, -0.2) is 38.7 Å². The second kappa shape index (κ2) is 9.09. The van der Waals surface area contributed by atoms with Gasteiger partial charge < -0.3 is 11.1 Å². The summed E-state index contributed by atoms with van der Waals surface area (Å²) in [7, 11) is 1.98. The van der Waals surface area contributed by atoms with Crippen molar-refractivity contribution in [2.75, 3.05) is 18.8 Å². The summed E-state index contributed by atoms with van der Waals surface area (Å²) in [6, 6.07) is 15.6. The number of nitrogens with two attached hydrogens (primary N) is 1. The Hall–Kier alpha value is -3.19. The Morgan fingerprint density at radius 3 is 2.57 bits per heavy atom. The molecule has 0 bridgehead atoms. The van der Waals surface area contributed by atoms with E-state index in [1.165, 1.54) is 5.69 Å². The molecule has 2 aromatic heterocycles. The number of hydrogen-bond acceptors (Lipinski definition) is 5. The number of pyridine rings is 1. The Morgan fingerprint density at radius 1 is 1.13 bits per heavy atom. The molecule has 0 radical (unpaired) electrons. The number of nitrogens with one attached hydrogen (secondary N) is 1. The quantitative estimate of drug-likeness (QED) is 0.659. The molecule has 0 aliphatic carbocycles. The number of hydrogen-bond donors (Lipinski definition) is 2. The summed E-state index contributed by atoms with van der Waals surface area (Å²) in [5.41, 5.74) is 9.82. The van der Waals surface area contributed by atoms with E-state index in [1.807, 2.05) is 54.3 Å². The van der Waals surface area contributed by atoms with Crippen LogP contribution in [0.5, 0.6) is 0 Å². The Morgan fingerprint density at radius 2 is 1.90 bits per heavy atom. The fourth-order valence-corrected chi connectivity index (χ4v) is 3.96. The number of amides is 1. The van der Waals surface area contributed by atoms with E-state index in [1.54, 1.807) is 6.07 Å². The van der Waals surface area contributed by atoms with Crippen LogP contribution in [0.4, 0.5) is 5.82 Å². The molecule has 0 unspecified atom stereocenters. The molecule has 1 saturated heterocycles. The predicted molar refractivity (Wildman–Crippen MR) is 117 cm³/mol. The maximum atomic E-state index is 12.5. The lowest BCUT2D eigenvalue weighted by molar-refractivity contribution is 0.0951. The Kier molecular flexibility index (Phi) is 6.09. The van der Waals surface area contributed by atoms with Gasteiger partial charge in [0.1, 0.15) is 5.82 Å². The van der Waals surface area contributed by atoms with Crippen molar-refractivity contribution in [3.63, 3.8) is 0 Å². The molecule has 1 aliphatic rings. The number of nitrogens with zero attached hydrogens (tertiary/aromatic N) is 4. The highest BCUT2D eigenvalue weighted by molar-refractivity contribution is 5.98. The van der Waals surface area contributed by atoms with Gasteiger partial charge in [0, 0.05) is 37.9 Å². The van der Waals surface area contributed by atoms with E-state index in [2.05, 4.69) is 26.4 Å². The molecule has 0 spiro atoms. The predicted octanol–water partition coefficient (Wildman–Crippen LogP) is 2.71. The zero-order chi connectivity index (χ0) is 20.9. The van der Waals surface area contributed by atoms with Crippen molar-refractivity contribution in [2.24, 2.45) is 7.05 Å². The van der Waals surface area contributed by atoms with Crippen LogP contribution in [0.2, 0.25) is 0 Å². The lowest BCUT2D eigenvalue weighted by atomic mass is 9.92. The number of nitrogen functional groups attached to an aromatic ring is 1. The van der Waals surface area contributed by atoms with Crippen molar-refractivity contribution in [1.29, 1.82) is 0 Å². The summed E-state index contributed by atoms with van der Waals surface area (Å²) in [5.74, 6) is 0.480. The summed E-state index contributed by atoms with van der Waals surface area (Å²) in [6.45, 7) is 3.41. The molecule has 156 valence electrons. The van der Waals surface area contributed by atoms with Crippen molar-refractivity contribution in [3.8, 4) is 0 Å². The molecule has 0 saturated carbocycles. The maximum Gasteiger partial charge on any atom is 0.255 e. The molecule has 1 amide bonds. The van der Waals surface area contributed by atoms with Gasteiger partial charge in [-0.25, -0.2) is 4.98 Å². The minimum atomic E-state index is -0.193. The highest BCUT2D eigenvalue weighted by Crippen LogP contribution is 2.28. The van der Waals surface area contributed by atoms with Gasteiger partial charge in [-0.15, -0.1) is 0 Å². The lowest BCUT2D eigenvalue weighted by Gasteiger charge is -2.31. The molecule has 4 rings (SSSR count). The Labute approximate surface area is 176 Å². The molecule has 1 aromatic carbocycles. The van der Waals surface area contributed by atoms with Crippen molar-refractivity contribution >= 4 is 11.7 Å². The fourth-order valence-electron chi connectivity index (χ4n) is 3.96. The topological polar surface area (TPSA) is 89.1 Å². The van der Waals surface area contributed by atoms with Crippen LogP contribution in [0.15, 0.2) is 54.7 Å². The number of likely N-dealkylation sites (tertiary alicyclic amines) is 1. The van der Waals surface area contributed by atoms with E-state index < -0.39 is 0 Å². The van der Waals surface area contributed by atoms with Gasteiger partial charge in [0.2, 0.25) is 0 Å². The minimum Gasteiger partial charge on any atom is -0.383 e. The Bertz CT molecular complexity index is 992. The van der Waals surface area contributed by atoms with Gasteiger partial charge >= 0.3 is 0 Å². The summed E-state index contributed by atoms with van der Waals surface area (Å²) in [6.07, 6.45) is 3.90. The number of aromatic nitrogens is 3. The third kappa shape index (κ3) is 4.68. The normalized spacial score (nSPS) is 15.2. The molecule has 7 nitrogen and oxygen atoms in total. The molecular formula is C23H28N6O. The van der Waals surface area contributed by atoms with E-state index in [0.29, 0.717) is 23.8 Å². The lowest BCUT2D eigenvalue weighted by Crippen LogP contribution is -2.33. The first-order valence-corrected chi connectivity index (χ1v) is 10.4. The van der Waals surface area contributed by atoms with Crippen LogP contribution in [0.3, 0.4) is 0 Å². The summed E-state index contributed by atoms with van der Waals surface area (Å²) in [4.78, 5) is 19.5. The smallest absolute Gasteiger partial charge is 0.255 e. The van der Waals surface area contributed by atoms with Crippen molar-refractivity contribution in [1.82, 2.24) is 25.0 Å². The molecule has 30 heavy (non-hydrogen) atoms. The van der Waals surface area contributed by atoms with Gasteiger partial charge in [0.05, 0.1) is 11.3 Å². The summed E-state index contributed by atoms with van der Waals surface area (Å²) < 4.78 is 1.93. The van der Waals surface area contributed by atoms with E-state index in [-0.39, 0.29) is 5.91 Å². The summed E-state index contributed by atoms with van der Waals surface area (Å²) >= 11 is 0. The molecule has 1 aliphatic heterocycles. The van der Waals surface area contributed by atoms with Crippen LogP contribution < -0.4 is 11.1 Å². The first-order chi connectivity index (χ1) is 14.6. The van der Waals surface area contributed by atoms with Gasteiger partial charge in [-0.3, -0.25) is 14.4 Å². The van der Waals surface area contributed by atoms with Crippen LogP contribution in [0.1, 0.15) is 46.1 Å². The maximum absolute atomic E-state index is 12.5. The van der Waals surface area contributed by atoms with Gasteiger partial charge in [-0.05, 0) is 49.7 Å². The van der Waals surface area contributed by atoms with Crippen LogP contribution in [0.25, 0.3) is 0 Å². The number of carbonyl (C=O) groups excluding carboxylic acids is 1. The number of rotatable bonds is 6. The SMILES string of the molecule is Cn1nccc1CN1CCC(c2ccc(C(=O)NCc3ccccc3)c(N)n2)CC1. The molecule has 1 fully saturated rings. The molecule has 7 heteroatoms. The standard InChI is InChI=1S/C23H28N6O/c1-28-19(9-12-26-28)16-29-13-10-18(11-14-29)21-8-7-20(22(24)27-21)23(30)25-15-17-5-3-2-4-6-17/h2-9,12,18H,10-11,13-16H2,1H3,(H2,24,27)(H,25,30). The number of carbonyl (C=O) groups is 1. The fraction of sp³-hybridized carbons (Fsp3) is 0.348. The number of piperidine rings is 1. The van der Waals surface area contributed by atoms with Crippen LogP contribution in [0, 0.1) is 0 Å². The van der Waals surface area contributed by atoms with Gasteiger partial charge in [0.25, 0.3) is 5.91 Å². The zero-order valence-electron chi connectivity index (χ0n) is 17.3. The molecule has 0 atom stereocenters. The first kappa shape index (κ1) is 20.1. The van der Waals surface area contributed by atoms with Crippen LogP contribution in [-0.2, 0) is 20.1 Å². The van der Waals surface area contributed by atoms with E-state index >= 15 is 0 Å². The van der Waals surface area contributed by atoms with E-state index in [4.69, 9.17) is 5.73 Å². The monoisotopic (exact) mass is 404 g/mol. The molecule has 3 aromatic rings. The van der Waals surface area contributed by atoms with Crippen LogP contribution >= 0.6 is 0 Å². The molecule has 3 heterocycles. The third-order valence-electron chi connectivity index (χ3n) is 5.80. The van der Waals surface area contributed by atoms with Crippen molar-refractivity contribution in [3.05, 3.63) is 77.2 Å². The average Bonchev–Trinajstić information content (AvgIpc) is 3.17. The van der Waals surface area contributed by atoms with E-state index in [0.717, 1.165) is 43.7 Å². The first-order valence-electron chi connectivity index (χ1n) is 10.4. The highest BCUT2D eigenvalue weighted by atomic mass is 16.1. The highest BCUT2D eigenvalue weighted by Gasteiger charge is 2.23. The Balaban J connectivity index is 1.33. The van der Waals surface area contributed by atoms with Gasteiger partial charge in [-0.2, -0.15) is 5.10 Å². The molecular weight excluding hydrogens is 376 g/mol. The zero-order valence-corrected chi connectivity index (χ0v) is 17.3. The second-order valence-electron chi connectivity index (χ2n) is 7.83. The second-order valence-corrected chi connectivity index (χ2v) is 7.83.